The lowest BCUT2D eigenvalue weighted by atomic mass is 9.95. The number of nitrogens with one attached hydrogen (secondary N) is 1. The smallest absolute Gasteiger partial charge is 0.203 e. The Hall–Kier alpha value is -3.22. The lowest BCUT2D eigenvalue weighted by molar-refractivity contribution is 0.239. The first-order valence-corrected chi connectivity index (χ1v) is 11.3. The van der Waals surface area contributed by atoms with Gasteiger partial charge in [0.2, 0.25) is 5.75 Å². The standard InChI is InChI=1S/C27H32N2O4/c1-30-24-18-21(19-25(31-2)27(24)32-3)26(29-15-8-13-28-14-16-29)20-9-7-12-23(17-20)33-22-10-5-4-6-11-22/h4-7,9-12,17-19,26,28H,8,13-16H2,1-3H3. The summed E-state index contributed by atoms with van der Waals surface area (Å²) < 4.78 is 23.0. The first kappa shape index (κ1) is 23.0. The number of para-hydroxylation sites is 1. The topological polar surface area (TPSA) is 52.2 Å². The molecule has 1 saturated heterocycles. The second-order valence-electron chi connectivity index (χ2n) is 7.99. The Balaban J connectivity index is 1.77. The zero-order valence-corrected chi connectivity index (χ0v) is 19.5. The van der Waals surface area contributed by atoms with Gasteiger partial charge in [0.05, 0.1) is 27.4 Å². The fraction of sp³-hybridized carbons (Fsp3) is 0.333. The Morgan fingerprint density at radius 2 is 1.45 bits per heavy atom. The van der Waals surface area contributed by atoms with E-state index in [1.807, 2.05) is 36.4 Å². The number of ether oxygens (including phenoxy) is 4. The van der Waals surface area contributed by atoms with E-state index in [0.29, 0.717) is 17.2 Å². The van der Waals surface area contributed by atoms with Gasteiger partial charge in [-0.3, -0.25) is 4.90 Å². The van der Waals surface area contributed by atoms with Gasteiger partial charge in [-0.2, -0.15) is 0 Å². The molecule has 3 aromatic rings. The largest absolute Gasteiger partial charge is 0.493 e. The molecule has 6 nitrogen and oxygen atoms in total. The van der Waals surface area contributed by atoms with E-state index < -0.39 is 0 Å². The second kappa shape index (κ2) is 11.1. The molecule has 1 aliphatic rings. The average molecular weight is 449 g/mol. The Bertz CT molecular complexity index is 1010. The zero-order chi connectivity index (χ0) is 23.0. The number of hydrogen-bond acceptors (Lipinski definition) is 6. The van der Waals surface area contributed by atoms with Crippen LogP contribution in [0.15, 0.2) is 66.7 Å². The summed E-state index contributed by atoms with van der Waals surface area (Å²) in [5.41, 5.74) is 2.24. The maximum atomic E-state index is 6.14. The molecule has 0 aliphatic carbocycles. The minimum absolute atomic E-state index is 0.0120. The van der Waals surface area contributed by atoms with E-state index in [1.165, 1.54) is 0 Å². The van der Waals surface area contributed by atoms with Crippen LogP contribution in [0.2, 0.25) is 0 Å². The van der Waals surface area contributed by atoms with Gasteiger partial charge in [-0.05, 0) is 60.5 Å². The fourth-order valence-corrected chi connectivity index (χ4v) is 4.37. The zero-order valence-electron chi connectivity index (χ0n) is 19.5. The lowest BCUT2D eigenvalue weighted by Crippen LogP contribution is -2.33. The molecule has 1 N–H and O–H groups in total. The Morgan fingerprint density at radius 1 is 0.727 bits per heavy atom. The molecule has 4 rings (SSSR count). The van der Waals surface area contributed by atoms with Crippen molar-refractivity contribution in [2.45, 2.75) is 12.5 Å². The molecule has 1 heterocycles. The molecule has 6 heteroatoms. The lowest BCUT2D eigenvalue weighted by Gasteiger charge is -2.32. The predicted molar refractivity (Wildman–Crippen MR) is 130 cm³/mol. The van der Waals surface area contributed by atoms with Crippen molar-refractivity contribution in [1.82, 2.24) is 10.2 Å². The molecule has 1 aliphatic heterocycles. The van der Waals surface area contributed by atoms with Gasteiger partial charge in [0, 0.05) is 19.6 Å². The van der Waals surface area contributed by atoms with Gasteiger partial charge in [-0.15, -0.1) is 0 Å². The van der Waals surface area contributed by atoms with Gasteiger partial charge < -0.3 is 24.3 Å². The minimum Gasteiger partial charge on any atom is -0.493 e. The fourth-order valence-electron chi connectivity index (χ4n) is 4.37. The van der Waals surface area contributed by atoms with Crippen LogP contribution in [0, 0.1) is 0 Å². The molecule has 3 aromatic carbocycles. The Morgan fingerprint density at radius 3 is 2.15 bits per heavy atom. The van der Waals surface area contributed by atoms with Crippen molar-refractivity contribution in [2.75, 3.05) is 47.5 Å². The van der Waals surface area contributed by atoms with Crippen molar-refractivity contribution in [2.24, 2.45) is 0 Å². The molecule has 0 amide bonds. The molecule has 0 aromatic heterocycles. The molecule has 1 atom stereocenters. The quantitative estimate of drug-likeness (QED) is 0.530. The monoisotopic (exact) mass is 448 g/mol. The van der Waals surface area contributed by atoms with Crippen LogP contribution in [0.25, 0.3) is 0 Å². The second-order valence-corrected chi connectivity index (χ2v) is 7.99. The predicted octanol–water partition coefficient (Wildman–Crippen LogP) is 4.89. The van der Waals surface area contributed by atoms with Gasteiger partial charge in [-0.25, -0.2) is 0 Å². The molecular formula is C27H32N2O4. The van der Waals surface area contributed by atoms with E-state index in [-0.39, 0.29) is 6.04 Å². The highest BCUT2D eigenvalue weighted by atomic mass is 16.5. The van der Waals surface area contributed by atoms with Gasteiger partial charge in [0.1, 0.15) is 11.5 Å². The van der Waals surface area contributed by atoms with Crippen LogP contribution in [0.4, 0.5) is 0 Å². The summed E-state index contributed by atoms with van der Waals surface area (Å²) in [6, 6.07) is 22.3. The normalized spacial score (nSPS) is 15.4. The number of hydrogen-bond donors (Lipinski definition) is 1. The van der Waals surface area contributed by atoms with Crippen LogP contribution in [-0.2, 0) is 0 Å². The average Bonchev–Trinajstić information content (AvgIpc) is 3.14. The number of nitrogens with zero attached hydrogens (tertiary/aromatic N) is 1. The van der Waals surface area contributed by atoms with Gasteiger partial charge in [-0.1, -0.05) is 30.3 Å². The molecule has 1 fully saturated rings. The summed E-state index contributed by atoms with van der Waals surface area (Å²) in [5, 5.41) is 3.51. The molecular weight excluding hydrogens is 416 g/mol. The molecule has 33 heavy (non-hydrogen) atoms. The van der Waals surface area contributed by atoms with Crippen molar-refractivity contribution < 1.29 is 18.9 Å². The Labute approximate surface area is 196 Å². The van der Waals surface area contributed by atoms with Crippen molar-refractivity contribution in [3.63, 3.8) is 0 Å². The van der Waals surface area contributed by atoms with Gasteiger partial charge in [0.25, 0.3) is 0 Å². The highest BCUT2D eigenvalue weighted by Crippen LogP contribution is 2.42. The maximum absolute atomic E-state index is 6.14. The summed E-state index contributed by atoms with van der Waals surface area (Å²) in [6.45, 7) is 3.89. The highest BCUT2D eigenvalue weighted by Gasteiger charge is 2.26. The van der Waals surface area contributed by atoms with Crippen LogP contribution >= 0.6 is 0 Å². The number of methoxy groups -OCH3 is 3. The summed E-state index contributed by atoms with van der Waals surface area (Å²) in [6.07, 6.45) is 1.08. The van der Waals surface area contributed by atoms with Crippen molar-refractivity contribution in [1.29, 1.82) is 0 Å². The van der Waals surface area contributed by atoms with Crippen LogP contribution in [0.3, 0.4) is 0 Å². The van der Waals surface area contributed by atoms with E-state index in [4.69, 9.17) is 18.9 Å². The minimum atomic E-state index is 0.0120. The molecule has 174 valence electrons. The SMILES string of the molecule is COc1cc(C(c2cccc(Oc3ccccc3)c2)N2CCCNCC2)cc(OC)c1OC. The van der Waals surface area contributed by atoms with Crippen LogP contribution in [-0.4, -0.2) is 52.4 Å². The molecule has 0 radical (unpaired) electrons. The third-order valence-electron chi connectivity index (χ3n) is 5.90. The van der Waals surface area contributed by atoms with Crippen LogP contribution in [0.1, 0.15) is 23.6 Å². The third kappa shape index (κ3) is 5.41. The highest BCUT2D eigenvalue weighted by molar-refractivity contribution is 5.55. The van der Waals surface area contributed by atoms with Gasteiger partial charge >= 0.3 is 0 Å². The van der Waals surface area contributed by atoms with E-state index in [0.717, 1.165) is 55.2 Å². The van der Waals surface area contributed by atoms with Crippen LogP contribution in [0.5, 0.6) is 28.7 Å². The molecule has 0 spiro atoms. The summed E-state index contributed by atoms with van der Waals surface area (Å²) in [5.74, 6) is 3.53. The third-order valence-corrected chi connectivity index (χ3v) is 5.90. The van der Waals surface area contributed by atoms with Crippen LogP contribution < -0.4 is 24.3 Å². The van der Waals surface area contributed by atoms with Crippen molar-refractivity contribution in [3.05, 3.63) is 77.9 Å². The van der Waals surface area contributed by atoms with E-state index >= 15 is 0 Å². The molecule has 0 saturated carbocycles. The first-order chi connectivity index (χ1) is 16.2. The summed E-state index contributed by atoms with van der Waals surface area (Å²) >= 11 is 0. The van der Waals surface area contributed by atoms with E-state index in [9.17, 15) is 0 Å². The summed E-state index contributed by atoms with van der Waals surface area (Å²) in [7, 11) is 4.93. The van der Waals surface area contributed by atoms with Crippen molar-refractivity contribution in [3.8, 4) is 28.7 Å². The first-order valence-electron chi connectivity index (χ1n) is 11.3. The van der Waals surface area contributed by atoms with Gasteiger partial charge in [0.15, 0.2) is 11.5 Å². The van der Waals surface area contributed by atoms with E-state index in [1.54, 1.807) is 21.3 Å². The van der Waals surface area contributed by atoms with E-state index in [2.05, 4.69) is 40.5 Å². The summed E-state index contributed by atoms with van der Waals surface area (Å²) in [4.78, 5) is 2.50. The Kier molecular flexibility index (Phi) is 7.70. The molecule has 0 bridgehead atoms. The molecule has 1 unspecified atom stereocenters. The number of rotatable bonds is 8. The maximum Gasteiger partial charge on any atom is 0.203 e. The van der Waals surface area contributed by atoms with Crippen molar-refractivity contribution >= 4 is 0 Å². The number of benzene rings is 3.